The van der Waals surface area contributed by atoms with E-state index in [4.69, 9.17) is 0 Å². The summed E-state index contributed by atoms with van der Waals surface area (Å²) in [6.07, 6.45) is 0. The highest BCUT2D eigenvalue weighted by Gasteiger charge is 2.35. The van der Waals surface area contributed by atoms with E-state index >= 15 is 0 Å². The van der Waals surface area contributed by atoms with Gasteiger partial charge in [0.25, 0.3) is 10.0 Å². The number of rotatable bonds is 3. The molecule has 4 nitrogen and oxygen atoms in total. The number of anilines is 1. The lowest BCUT2D eigenvalue weighted by Gasteiger charge is -2.18. The van der Waals surface area contributed by atoms with Crippen LogP contribution in [-0.2, 0) is 10.0 Å². The van der Waals surface area contributed by atoms with Gasteiger partial charge in [0.2, 0.25) is 0 Å². The third-order valence-electron chi connectivity index (χ3n) is 4.17. The summed E-state index contributed by atoms with van der Waals surface area (Å²) >= 11 is 2.85. The summed E-state index contributed by atoms with van der Waals surface area (Å²) in [6.45, 7) is 4.50. The Morgan fingerprint density at radius 2 is 2.00 bits per heavy atom. The number of fused-ring (bicyclic) bond motifs is 1. The van der Waals surface area contributed by atoms with Crippen molar-refractivity contribution < 1.29 is 8.42 Å². The Balaban J connectivity index is 1.73. The van der Waals surface area contributed by atoms with Gasteiger partial charge in [0, 0.05) is 17.8 Å². The van der Waals surface area contributed by atoms with E-state index in [1.54, 1.807) is 17.4 Å². The Morgan fingerprint density at radius 1 is 1.21 bits per heavy atom. The zero-order chi connectivity index (χ0) is 16.9. The Bertz CT molecular complexity index is 1000. The lowest BCUT2D eigenvalue weighted by atomic mass is 10.0. The van der Waals surface area contributed by atoms with Crippen LogP contribution in [0.3, 0.4) is 0 Å². The second-order valence-corrected chi connectivity index (χ2v) is 10.1. The molecule has 2 aromatic heterocycles. The van der Waals surface area contributed by atoms with Crippen molar-refractivity contribution in [3.8, 4) is 10.6 Å². The number of thiophene rings is 1. The molecule has 1 aromatic carbocycles. The average molecular weight is 377 g/mol. The first-order valence-electron chi connectivity index (χ1n) is 7.61. The highest BCUT2D eigenvalue weighted by atomic mass is 32.2. The molecule has 0 fully saturated rings. The van der Waals surface area contributed by atoms with Crippen molar-refractivity contribution in [3.63, 3.8) is 0 Å². The van der Waals surface area contributed by atoms with Crippen LogP contribution in [0.15, 0.2) is 46.0 Å². The molecule has 1 atom stereocenters. The van der Waals surface area contributed by atoms with Crippen molar-refractivity contribution in [1.29, 1.82) is 0 Å². The van der Waals surface area contributed by atoms with Crippen molar-refractivity contribution in [2.45, 2.75) is 24.0 Å². The first-order chi connectivity index (χ1) is 11.5. The lowest BCUT2D eigenvalue weighted by Crippen LogP contribution is -2.29. The number of aryl methyl sites for hydroxylation is 1. The highest BCUT2D eigenvalue weighted by molar-refractivity contribution is 7.94. The van der Waals surface area contributed by atoms with Crippen LogP contribution < -0.4 is 4.31 Å². The summed E-state index contributed by atoms with van der Waals surface area (Å²) in [7, 11) is -3.54. The van der Waals surface area contributed by atoms with Crippen LogP contribution in [0, 0.1) is 6.92 Å². The van der Waals surface area contributed by atoms with E-state index in [0.29, 0.717) is 10.8 Å². The molecule has 0 spiro atoms. The molecule has 0 unspecified atom stereocenters. The summed E-state index contributed by atoms with van der Waals surface area (Å²) in [5.41, 5.74) is 2.73. The molecule has 24 heavy (non-hydrogen) atoms. The third kappa shape index (κ3) is 2.47. The molecule has 0 saturated carbocycles. The average Bonchev–Trinajstić information content (AvgIpc) is 3.26. The maximum absolute atomic E-state index is 13.1. The SMILES string of the molecule is Cc1nc(-c2ccc(S(=O)(=O)N3C[C@H](C)c4ccccc43)s2)cs1. The fraction of sp³-hybridized carbons (Fsp3) is 0.235. The van der Waals surface area contributed by atoms with E-state index in [9.17, 15) is 8.42 Å². The van der Waals surface area contributed by atoms with Crippen LogP contribution in [0.5, 0.6) is 0 Å². The number of thiazole rings is 1. The Morgan fingerprint density at radius 3 is 2.75 bits per heavy atom. The highest BCUT2D eigenvalue weighted by Crippen LogP contribution is 2.41. The molecule has 3 heterocycles. The van der Waals surface area contributed by atoms with Crippen molar-refractivity contribution in [2.24, 2.45) is 0 Å². The summed E-state index contributed by atoms with van der Waals surface area (Å²) in [4.78, 5) is 5.33. The van der Waals surface area contributed by atoms with Gasteiger partial charge in [0.05, 0.1) is 21.3 Å². The van der Waals surface area contributed by atoms with Crippen LogP contribution in [0.4, 0.5) is 5.69 Å². The standard InChI is InChI=1S/C17H16N2O2S3/c1-11-9-19(15-6-4-3-5-13(11)15)24(20,21)17-8-7-16(23-17)14-10-22-12(2)18-14/h3-8,10-11H,9H2,1-2H3/t11-/m0/s1. The molecular formula is C17H16N2O2S3. The molecule has 124 valence electrons. The quantitative estimate of drug-likeness (QED) is 0.677. The summed E-state index contributed by atoms with van der Waals surface area (Å²) in [5, 5.41) is 2.94. The minimum atomic E-state index is -3.54. The zero-order valence-electron chi connectivity index (χ0n) is 13.3. The smallest absolute Gasteiger partial charge is 0.265 e. The monoisotopic (exact) mass is 376 g/mol. The molecule has 3 aromatic rings. The van der Waals surface area contributed by atoms with Gasteiger partial charge in [-0.25, -0.2) is 13.4 Å². The number of hydrogen-bond acceptors (Lipinski definition) is 5. The van der Waals surface area contributed by atoms with Gasteiger partial charge < -0.3 is 0 Å². The molecule has 0 radical (unpaired) electrons. The molecule has 0 amide bonds. The Labute approximate surface area is 149 Å². The van der Waals surface area contributed by atoms with Crippen LogP contribution >= 0.6 is 22.7 Å². The van der Waals surface area contributed by atoms with E-state index in [2.05, 4.69) is 11.9 Å². The molecule has 0 aliphatic carbocycles. The first-order valence-corrected chi connectivity index (χ1v) is 10.7. The molecular weight excluding hydrogens is 360 g/mol. The first kappa shape index (κ1) is 15.8. The minimum Gasteiger partial charge on any atom is -0.265 e. The third-order valence-corrected chi connectivity index (χ3v) is 8.30. The number of aromatic nitrogens is 1. The fourth-order valence-corrected chi connectivity index (χ4v) is 6.63. The maximum atomic E-state index is 13.1. The van der Waals surface area contributed by atoms with Gasteiger partial charge in [0.1, 0.15) is 4.21 Å². The molecule has 1 aliphatic rings. The molecule has 0 bridgehead atoms. The second kappa shape index (κ2) is 5.68. The maximum Gasteiger partial charge on any atom is 0.273 e. The number of benzene rings is 1. The molecule has 4 rings (SSSR count). The minimum absolute atomic E-state index is 0.205. The summed E-state index contributed by atoms with van der Waals surface area (Å²) < 4.78 is 28.1. The summed E-state index contributed by atoms with van der Waals surface area (Å²) in [6, 6.07) is 11.3. The lowest BCUT2D eigenvalue weighted by molar-refractivity contribution is 0.592. The Kier molecular flexibility index (Phi) is 3.74. The van der Waals surface area contributed by atoms with Crippen LogP contribution in [0.1, 0.15) is 23.4 Å². The number of hydrogen-bond donors (Lipinski definition) is 0. The van der Waals surface area contributed by atoms with E-state index in [1.807, 2.05) is 42.6 Å². The van der Waals surface area contributed by atoms with E-state index in [0.717, 1.165) is 26.8 Å². The van der Waals surface area contributed by atoms with Gasteiger partial charge in [-0.15, -0.1) is 22.7 Å². The normalized spacial score (nSPS) is 17.2. The summed E-state index contributed by atoms with van der Waals surface area (Å²) in [5.74, 6) is 0.205. The van der Waals surface area contributed by atoms with Crippen LogP contribution in [0.25, 0.3) is 10.6 Å². The predicted molar refractivity (Wildman–Crippen MR) is 99.6 cm³/mol. The van der Waals surface area contributed by atoms with Gasteiger partial charge in [-0.1, -0.05) is 25.1 Å². The van der Waals surface area contributed by atoms with Crippen molar-refractivity contribution in [1.82, 2.24) is 4.98 Å². The van der Waals surface area contributed by atoms with Crippen molar-refractivity contribution >= 4 is 38.4 Å². The van der Waals surface area contributed by atoms with E-state index in [-0.39, 0.29) is 5.92 Å². The molecule has 1 aliphatic heterocycles. The number of nitrogens with zero attached hydrogens (tertiary/aromatic N) is 2. The number of sulfonamides is 1. The number of para-hydroxylation sites is 1. The van der Waals surface area contributed by atoms with Gasteiger partial charge >= 0.3 is 0 Å². The van der Waals surface area contributed by atoms with Gasteiger partial charge in [-0.3, -0.25) is 4.31 Å². The fourth-order valence-electron chi connectivity index (χ4n) is 2.99. The predicted octanol–water partition coefficient (Wildman–Crippen LogP) is 4.49. The molecule has 0 N–H and O–H groups in total. The van der Waals surface area contributed by atoms with Crippen LogP contribution in [0.2, 0.25) is 0 Å². The van der Waals surface area contributed by atoms with E-state index < -0.39 is 10.0 Å². The largest absolute Gasteiger partial charge is 0.273 e. The second-order valence-electron chi connectivity index (χ2n) is 5.87. The topological polar surface area (TPSA) is 50.3 Å². The Hall–Kier alpha value is -1.70. The van der Waals surface area contributed by atoms with Gasteiger partial charge in [-0.2, -0.15) is 0 Å². The van der Waals surface area contributed by atoms with E-state index in [1.165, 1.54) is 15.6 Å². The molecule has 0 saturated heterocycles. The van der Waals surface area contributed by atoms with Gasteiger partial charge in [-0.05, 0) is 30.7 Å². The zero-order valence-corrected chi connectivity index (χ0v) is 15.7. The van der Waals surface area contributed by atoms with Crippen molar-refractivity contribution in [3.05, 3.63) is 52.3 Å². The van der Waals surface area contributed by atoms with Crippen LogP contribution in [-0.4, -0.2) is 19.9 Å². The molecule has 7 heteroatoms. The van der Waals surface area contributed by atoms with Crippen molar-refractivity contribution in [2.75, 3.05) is 10.8 Å². The van der Waals surface area contributed by atoms with Gasteiger partial charge in [0.15, 0.2) is 0 Å².